The molecule has 1 saturated carbocycles. The number of likely N-dealkylation sites (tertiary alicyclic amines) is 1. The summed E-state index contributed by atoms with van der Waals surface area (Å²) in [5.41, 5.74) is 0. The summed E-state index contributed by atoms with van der Waals surface area (Å²) in [5, 5.41) is 8.62. The van der Waals surface area contributed by atoms with Gasteiger partial charge in [-0.1, -0.05) is 6.42 Å². The Morgan fingerprint density at radius 3 is 2.67 bits per heavy atom. The SMILES string of the molecule is O=C(O)CCC1CCN(CC2CCC2)C1. The van der Waals surface area contributed by atoms with Gasteiger partial charge in [0.25, 0.3) is 0 Å². The molecule has 0 aromatic rings. The zero-order valence-corrected chi connectivity index (χ0v) is 9.32. The van der Waals surface area contributed by atoms with Crippen LogP contribution in [-0.4, -0.2) is 35.6 Å². The largest absolute Gasteiger partial charge is 0.481 e. The van der Waals surface area contributed by atoms with Crippen molar-refractivity contribution in [3.8, 4) is 0 Å². The smallest absolute Gasteiger partial charge is 0.303 e. The number of carboxylic acids is 1. The third-order valence-corrected chi connectivity index (χ3v) is 3.88. The van der Waals surface area contributed by atoms with Crippen molar-refractivity contribution in [1.82, 2.24) is 4.90 Å². The molecule has 1 aliphatic carbocycles. The van der Waals surface area contributed by atoms with E-state index in [9.17, 15) is 4.79 Å². The Labute approximate surface area is 91.5 Å². The van der Waals surface area contributed by atoms with E-state index in [1.54, 1.807) is 0 Å². The highest BCUT2D eigenvalue weighted by Crippen LogP contribution is 2.29. The molecule has 0 aromatic heterocycles. The molecule has 1 N–H and O–H groups in total. The number of hydrogen-bond acceptors (Lipinski definition) is 2. The average Bonchev–Trinajstić information content (AvgIpc) is 2.56. The van der Waals surface area contributed by atoms with Gasteiger partial charge in [-0.2, -0.15) is 0 Å². The zero-order valence-electron chi connectivity index (χ0n) is 9.32. The van der Waals surface area contributed by atoms with E-state index < -0.39 is 5.97 Å². The van der Waals surface area contributed by atoms with Crippen molar-refractivity contribution in [2.24, 2.45) is 11.8 Å². The molecule has 3 nitrogen and oxygen atoms in total. The number of carboxylic acid groups (broad SMARTS) is 1. The molecule has 15 heavy (non-hydrogen) atoms. The first-order valence-electron chi connectivity index (χ1n) is 6.18. The minimum Gasteiger partial charge on any atom is -0.481 e. The minimum atomic E-state index is -0.646. The fourth-order valence-electron chi connectivity index (χ4n) is 2.68. The van der Waals surface area contributed by atoms with Gasteiger partial charge in [0.15, 0.2) is 0 Å². The Morgan fingerprint density at radius 2 is 2.07 bits per heavy atom. The molecule has 2 rings (SSSR count). The standard InChI is InChI=1S/C12H21NO2/c14-12(15)5-4-11-6-7-13(9-11)8-10-2-1-3-10/h10-11H,1-9H2,(H,14,15). The van der Waals surface area contributed by atoms with E-state index in [0.29, 0.717) is 12.3 Å². The number of hydrogen-bond donors (Lipinski definition) is 1. The van der Waals surface area contributed by atoms with Crippen LogP contribution in [-0.2, 0) is 4.79 Å². The fraction of sp³-hybridized carbons (Fsp3) is 0.917. The van der Waals surface area contributed by atoms with Gasteiger partial charge in [0.2, 0.25) is 0 Å². The van der Waals surface area contributed by atoms with Crippen molar-refractivity contribution in [2.45, 2.75) is 38.5 Å². The summed E-state index contributed by atoms with van der Waals surface area (Å²) in [6, 6.07) is 0. The van der Waals surface area contributed by atoms with Crippen molar-refractivity contribution in [3.63, 3.8) is 0 Å². The van der Waals surface area contributed by atoms with Crippen LogP contribution in [0.4, 0.5) is 0 Å². The van der Waals surface area contributed by atoms with Gasteiger partial charge in [0, 0.05) is 19.5 Å². The summed E-state index contributed by atoms with van der Waals surface area (Å²) in [6.07, 6.45) is 6.67. The van der Waals surface area contributed by atoms with E-state index in [0.717, 1.165) is 18.9 Å². The third-order valence-electron chi connectivity index (χ3n) is 3.88. The lowest BCUT2D eigenvalue weighted by Gasteiger charge is -2.30. The van der Waals surface area contributed by atoms with Gasteiger partial charge in [0.1, 0.15) is 0 Å². The second-order valence-electron chi connectivity index (χ2n) is 5.14. The molecule has 1 saturated heterocycles. The molecule has 0 bridgehead atoms. The van der Waals surface area contributed by atoms with Gasteiger partial charge in [-0.05, 0) is 44.1 Å². The Hall–Kier alpha value is -0.570. The topological polar surface area (TPSA) is 40.5 Å². The molecule has 0 spiro atoms. The second-order valence-corrected chi connectivity index (χ2v) is 5.14. The second kappa shape index (κ2) is 4.97. The van der Waals surface area contributed by atoms with E-state index in [4.69, 9.17) is 5.11 Å². The van der Waals surface area contributed by atoms with Crippen LogP contribution in [0.25, 0.3) is 0 Å². The minimum absolute atomic E-state index is 0.349. The lowest BCUT2D eigenvalue weighted by atomic mass is 9.85. The van der Waals surface area contributed by atoms with Crippen LogP contribution in [0.2, 0.25) is 0 Å². The molecule has 2 fully saturated rings. The third kappa shape index (κ3) is 3.20. The highest BCUT2D eigenvalue weighted by Gasteiger charge is 2.26. The van der Waals surface area contributed by atoms with Crippen molar-refractivity contribution in [1.29, 1.82) is 0 Å². The van der Waals surface area contributed by atoms with Gasteiger partial charge in [0.05, 0.1) is 0 Å². The van der Waals surface area contributed by atoms with Crippen LogP contribution in [0.5, 0.6) is 0 Å². The number of aliphatic carboxylic acids is 1. The van der Waals surface area contributed by atoms with E-state index in [1.807, 2.05) is 0 Å². The van der Waals surface area contributed by atoms with Crippen LogP contribution in [0.15, 0.2) is 0 Å². The van der Waals surface area contributed by atoms with Crippen LogP contribution in [0.3, 0.4) is 0 Å². The molecule has 1 atom stereocenters. The van der Waals surface area contributed by atoms with E-state index in [-0.39, 0.29) is 0 Å². The van der Waals surface area contributed by atoms with Crippen LogP contribution in [0.1, 0.15) is 38.5 Å². The first-order valence-corrected chi connectivity index (χ1v) is 6.18. The predicted octanol–water partition coefficient (Wildman–Crippen LogP) is 1.97. The van der Waals surface area contributed by atoms with Gasteiger partial charge < -0.3 is 10.0 Å². The monoisotopic (exact) mass is 211 g/mol. The normalized spacial score (nSPS) is 27.9. The van der Waals surface area contributed by atoms with Gasteiger partial charge in [-0.25, -0.2) is 0 Å². The highest BCUT2D eigenvalue weighted by atomic mass is 16.4. The number of rotatable bonds is 5. The Balaban J connectivity index is 1.62. The molecule has 0 radical (unpaired) electrons. The Morgan fingerprint density at radius 1 is 1.27 bits per heavy atom. The van der Waals surface area contributed by atoms with Crippen LogP contribution < -0.4 is 0 Å². The summed E-state index contributed by atoms with van der Waals surface area (Å²) in [5.74, 6) is 0.942. The van der Waals surface area contributed by atoms with Gasteiger partial charge >= 0.3 is 5.97 Å². The first-order chi connectivity index (χ1) is 7.24. The van der Waals surface area contributed by atoms with Gasteiger partial charge in [-0.15, -0.1) is 0 Å². The summed E-state index contributed by atoms with van der Waals surface area (Å²) in [6.45, 7) is 3.61. The van der Waals surface area contributed by atoms with E-state index >= 15 is 0 Å². The molecule has 86 valence electrons. The molecule has 1 unspecified atom stereocenters. The van der Waals surface area contributed by atoms with Crippen molar-refractivity contribution >= 4 is 5.97 Å². The average molecular weight is 211 g/mol. The maximum atomic E-state index is 10.5. The highest BCUT2D eigenvalue weighted by molar-refractivity contribution is 5.66. The molecular formula is C12H21NO2. The fourth-order valence-corrected chi connectivity index (χ4v) is 2.68. The lowest BCUT2D eigenvalue weighted by Crippen LogP contribution is -2.30. The summed E-state index contributed by atoms with van der Waals surface area (Å²) >= 11 is 0. The number of carbonyl (C=O) groups is 1. The zero-order chi connectivity index (χ0) is 10.7. The molecule has 3 heteroatoms. The van der Waals surface area contributed by atoms with E-state index in [1.165, 1.54) is 38.8 Å². The van der Waals surface area contributed by atoms with Crippen molar-refractivity contribution in [3.05, 3.63) is 0 Å². The maximum absolute atomic E-state index is 10.5. The van der Waals surface area contributed by atoms with Crippen molar-refractivity contribution < 1.29 is 9.90 Å². The van der Waals surface area contributed by atoms with E-state index in [2.05, 4.69) is 4.90 Å². The molecule has 0 aromatic carbocycles. The quantitative estimate of drug-likeness (QED) is 0.756. The van der Waals surface area contributed by atoms with Crippen LogP contribution in [0, 0.1) is 11.8 Å². The maximum Gasteiger partial charge on any atom is 0.303 e. The predicted molar refractivity (Wildman–Crippen MR) is 58.8 cm³/mol. The van der Waals surface area contributed by atoms with Gasteiger partial charge in [-0.3, -0.25) is 4.79 Å². The molecule has 0 amide bonds. The molecule has 1 heterocycles. The summed E-state index contributed by atoms with van der Waals surface area (Å²) in [4.78, 5) is 13.0. The Bertz CT molecular complexity index is 226. The summed E-state index contributed by atoms with van der Waals surface area (Å²) in [7, 11) is 0. The Kier molecular flexibility index (Phi) is 3.62. The van der Waals surface area contributed by atoms with Crippen LogP contribution >= 0.6 is 0 Å². The summed E-state index contributed by atoms with van der Waals surface area (Å²) < 4.78 is 0. The molecule has 2 aliphatic rings. The number of nitrogens with zero attached hydrogens (tertiary/aromatic N) is 1. The molecule has 1 aliphatic heterocycles. The lowest BCUT2D eigenvalue weighted by molar-refractivity contribution is -0.137. The first kappa shape index (κ1) is 10.9. The molecular weight excluding hydrogens is 190 g/mol. The van der Waals surface area contributed by atoms with Crippen molar-refractivity contribution in [2.75, 3.05) is 19.6 Å².